The second-order valence-electron chi connectivity index (χ2n) is 1.67. The molecule has 0 fully saturated rings. The molecule has 0 aliphatic rings. The van der Waals surface area contributed by atoms with E-state index < -0.39 is 5.97 Å². The molecule has 0 atom stereocenters. The van der Waals surface area contributed by atoms with Crippen molar-refractivity contribution >= 4 is 39.1 Å². The third-order valence-electron chi connectivity index (χ3n) is 0.998. The van der Waals surface area contributed by atoms with Crippen LogP contribution in [0.25, 0.3) is 0 Å². The Morgan fingerprint density at radius 2 is 2.45 bits per heavy atom. The maximum Gasteiger partial charge on any atom is 0.351 e. The van der Waals surface area contributed by atoms with Crippen LogP contribution < -0.4 is 5.73 Å². The maximum atomic E-state index is 10.9. The highest BCUT2D eigenvalue weighted by Gasteiger charge is 2.14. The molecule has 1 aromatic rings. The molecule has 2 N–H and O–H groups in total. The number of carbonyl (C=O) groups excluding carboxylic acids is 1. The van der Waals surface area contributed by atoms with Gasteiger partial charge in [-0.3, -0.25) is 0 Å². The first-order chi connectivity index (χ1) is 5.15. The smallest absolute Gasteiger partial charge is 0.351 e. The summed E-state index contributed by atoms with van der Waals surface area (Å²) in [5.74, 6) is -0.251. The standard InChI is InChI=1S/C5H5BrN2O2S/c1-10-4(9)2-3(7)8-5(6)11-2/h7H2,1H3. The van der Waals surface area contributed by atoms with E-state index in [1.165, 1.54) is 7.11 Å². The molecule has 0 aliphatic heterocycles. The highest BCUT2D eigenvalue weighted by molar-refractivity contribution is 9.11. The summed E-state index contributed by atoms with van der Waals surface area (Å²) in [6.45, 7) is 0. The van der Waals surface area contributed by atoms with E-state index in [2.05, 4.69) is 25.7 Å². The SMILES string of the molecule is COC(=O)c1sc(Br)nc1N. The van der Waals surface area contributed by atoms with E-state index in [0.717, 1.165) is 11.3 Å². The van der Waals surface area contributed by atoms with Crippen molar-refractivity contribution in [3.63, 3.8) is 0 Å². The third-order valence-corrected chi connectivity index (χ3v) is 2.50. The van der Waals surface area contributed by atoms with Gasteiger partial charge in [-0.25, -0.2) is 9.78 Å². The minimum absolute atomic E-state index is 0.203. The largest absolute Gasteiger partial charge is 0.465 e. The molecule has 1 aromatic heterocycles. The minimum Gasteiger partial charge on any atom is -0.465 e. The normalized spacial score (nSPS) is 9.64. The van der Waals surface area contributed by atoms with Crippen LogP contribution in [0.5, 0.6) is 0 Å². The van der Waals surface area contributed by atoms with Crippen LogP contribution in [-0.4, -0.2) is 18.1 Å². The van der Waals surface area contributed by atoms with Crippen molar-refractivity contribution in [2.75, 3.05) is 12.8 Å². The Morgan fingerprint density at radius 1 is 1.82 bits per heavy atom. The Hall–Kier alpha value is -0.620. The average molecular weight is 237 g/mol. The number of aromatic nitrogens is 1. The summed E-state index contributed by atoms with van der Waals surface area (Å²) < 4.78 is 5.04. The number of halogens is 1. The Bertz CT molecular complexity index is 286. The summed E-state index contributed by atoms with van der Waals surface area (Å²) in [6, 6.07) is 0. The third kappa shape index (κ3) is 1.69. The van der Waals surface area contributed by atoms with Crippen LogP contribution in [0.2, 0.25) is 0 Å². The predicted octanol–water partition coefficient (Wildman–Crippen LogP) is 1.27. The van der Waals surface area contributed by atoms with Crippen molar-refractivity contribution in [2.45, 2.75) is 0 Å². The van der Waals surface area contributed by atoms with Gasteiger partial charge in [-0.2, -0.15) is 0 Å². The van der Waals surface area contributed by atoms with Gasteiger partial charge in [0.25, 0.3) is 0 Å². The molecule has 4 nitrogen and oxygen atoms in total. The van der Waals surface area contributed by atoms with Gasteiger partial charge in [-0.15, -0.1) is 0 Å². The van der Waals surface area contributed by atoms with E-state index in [1.807, 2.05) is 0 Å². The van der Waals surface area contributed by atoms with Gasteiger partial charge < -0.3 is 10.5 Å². The second kappa shape index (κ2) is 3.19. The summed E-state index contributed by atoms with van der Waals surface area (Å²) in [5.41, 5.74) is 5.39. The van der Waals surface area contributed by atoms with Crippen LogP contribution in [0, 0.1) is 0 Å². The molecular weight excluding hydrogens is 232 g/mol. The van der Waals surface area contributed by atoms with Crippen LogP contribution in [-0.2, 0) is 4.74 Å². The molecule has 6 heteroatoms. The Morgan fingerprint density at radius 3 is 2.82 bits per heavy atom. The van der Waals surface area contributed by atoms with E-state index in [-0.39, 0.29) is 5.82 Å². The fourth-order valence-electron chi connectivity index (χ4n) is 0.544. The summed E-state index contributed by atoms with van der Waals surface area (Å²) in [7, 11) is 1.30. The van der Waals surface area contributed by atoms with Gasteiger partial charge in [0.05, 0.1) is 7.11 Å². The molecule has 0 unspecified atom stereocenters. The van der Waals surface area contributed by atoms with Gasteiger partial charge in [0.1, 0.15) is 0 Å². The minimum atomic E-state index is -0.453. The first-order valence-corrected chi connectivity index (χ1v) is 4.26. The number of hydrogen-bond donors (Lipinski definition) is 1. The maximum absolute atomic E-state index is 10.9. The van der Waals surface area contributed by atoms with Gasteiger partial charge in [0.15, 0.2) is 14.6 Å². The number of carbonyl (C=O) groups is 1. The molecule has 0 spiro atoms. The van der Waals surface area contributed by atoms with Crippen LogP contribution in [0.1, 0.15) is 9.67 Å². The molecule has 0 bridgehead atoms. The first-order valence-electron chi connectivity index (χ1n) is 2.65. The summed E-state index contributed by atoms with van der Waals surface area (Å²) in [6.07, 6.45) is 0. The average Bonchev–Trinajstić information content (AvgIpc) is 2.28. The van der Waals surface area contributed by atoms with Gasteiger partial charge in [-0.1, -0.05) is 11.3 Å². The highest BCUT2D eigenvalue weighted by Crippen LogP contribution is 2.25. The number of rotatable bonds is 1. The quantitative estimate of drug-likeness (QED) is 0.747. The predicted molar refractivity (Wildman–Crippen MR) is 45.6 cm³/mol. The topological polar surface area (TPSA) is 65.2 Å². The molecule has 11 heavy (non-hydrogen) atoms. The van der Waals surface area contributed by atoms with Gasteiger partial charge in [0, 0.05) is 0 Å². The molecule has 0 aromatic carbocycles. The number of hydrogen-bond acceptors (Lipinski definition) is 5. The molecule has 0 saturated carbocycles. The van der Waals surface area contributed by atoms with Crippen molar-refractivity contribution in [3.8, 4) is 0 Å². The number of esters is 1. The van der Waals surface area contributed by atoms with Crippen molar-refractivity contribution in [3.05, 3.63) is 8.79 Å². The fraction of sp³-hybridized carbons (Fsp3) is 0.200. The zero-order valence-electron chi connectivity index (χ0n) is 5.63. The molecular formula is C5H5BrN2O2S. The fourth-order valence-corrected chi connectivity index (χ4v) is 1.85. The van der Waals surface area contributed by atoms with Gasteiger partial charge in [-0.05, 0) is 15.9 Å². The van der Waals surface area contributed by atoms with E-state index in [4.69, 9.17) is 5.73 Å². The second-order valence-corrected chi connectivity index (χ2v) is 3.95. The monoisotopic (exact) mass is 236 g/mol. The molecule has 1 rings (SSSR count). The van der Waals surface area contributed by atoms with E-state index in [9.17, 15) is 4.79 Å². The van der Waals surface area contributed by atoms with Crippen molar-refractivity contribution in [1.29, 1.82) is 0 Å². The number of methoxy groups -OCH3 is 1. The zero-order valence-corrected chi connectivity index (χ0v) is 8.03. The van der Waals surface area contributed by atoms with Crippen LogP contribution >= 0.6 is 27.3 Å². The summed E-state index contributed by atoms with van der Waals surface area (Å²) in [5, 5.41) is 0. The molecule has 0 saturated heterocycles. The number of nitrogens with two attached hydrogens (primary N) is 1. The number of nitrogens with zero attached hydrogens (tertiary/aromatic N) is 1. The Kier molecular flexibility index (Phi) is 2.45. The summed E-state index contributed by atoms with van der Waals surface area (Å²) >= 11 is 4.25. The molecule has 60 valence electrons. The lowest BCUT2D eigenvalue weighted by Crippen LogP contribution is -2.01. The number of thiazole rings is 1. The number of ether oxygens (including phenoxy) is 1. The number of anilines is 1. The Labute approximate surface area is 75.5 Å². The van der Waals surface area contributed by atoms with Gasteiger partial charge >= 0.3 is 5.97 Å². The lowest BCUT2D eigenvalue weighted by molar-refractivity contribution is 0.0607. The van der Waals surface area contributed by atoms with E-state index in [0.29, 0.717) is 8.79 Å². The van der Waals surface area contributed by atoms with E-state index >= 15 is 0 Å². The van der Waals surface area contributed by atoms with Gasteiger partial charge in [0.2, 0.25) is 0 Å². The van der Waals surface area contributed by atoms with Crippen molar-refractivity contribution in [2.24, 2.45) is 0 Å². The van der Waals surface area contributed by atoms with Crippen LogP contribution in [0.3, 0.4) is 0 Å². The van der Waals surface area contributed by atoms with Crippen LogP contribution in [0.4, 0.5) is 5.82 Å². The lowest BCUT2D eigenvalue weighted by Gasteiger charge is -1.92. The van der Waals surface area contributed by atoms with Crippen LogP contribution in [0.15, 0.2) is 3.92 Å². The zero-order chi connectivity index (χ0) is 8.43. The van der Waals surface area contributed by atoms with E-state index in [1.54, 1.807) is 0 Å². The molecule has 0 radical (unpaired) electrons. The number of nitrogen functional groups attached to an aromatic ring is 1. The van der Waals surface area contributed by atoms with Crippen molar-refractivity contribution in [1.82, 2.24) is 4.98 Å². The molecule has 0 amide bonds. The van der Waals surface area contributed by atoms with Crippen molar-refractivity contribution < 1.29 is 9.53 Å². The molecule has 1 heterocycles. The lowest BCUT2D eigenvalue weighted by atomic mass is 10.5. The first kappa shape index (κ1) is 8.48. The Balaban J connectivity index is 3.03. The molecule has 0 aliphatic carbocycles. The summed E-state index contributed by atoms with van der Waals surface area (Å²) in [4.78, 5) is 15.0. The highest BCUT2D eigenvalue weighted by atomic mass is 79.9.